The maximum Gasteiger partial charge on any atom is 0.422 e. The number of nitrogens with zero attached hydrogens (tertiary/aromatic N) is 2. The second-order valence-corrected chi connectivity index (χ2v) is 3.79. The van der Waals surface area contributed by atoms with Crippen LogP contribution in [0.2, 0.25) is 0 Å². The Bertz CT molecular complexity index is 477. The van der Waals surface area contributed by atoms with Gasteiger partial charge in [0.25, 0.3) is 0 Å². The number of amides is 1. The van der Waals surface area contributed by atoms with E-state index in [9.17, 15) is 4.79 Å². The van der Waals surface area contributed by atoms with E-state index in [1.807, 2.05) is 30.3 Å². The van der Waals surface area contributed by atoms with Crippen LogP contribution in [0.25, 0.3) is 0 Å². The van der Waals surface area contributed by atoms with Crippen LogP contribution in [0.5, 0.6) is 0 Å². The van der Waals surface area contributed by atoms with Crippen molar-refractivity contribution in [2.24, 2.45) is 5.84 Å². The van der Waals surface area contributed by atoms with E-state index in [-0.39, 0.29) is 0 Å². The molecule has 1 amide bonds. The maximum absolute atomic E-state index is 11.1. The second-order valence-electron chi connectivity index (χ2n) is 3.79. The van der Waals surface area contributed by atoms with E-state index in [4.69, 9.17) is 10.9 Å². The zero-order valence-electron chi connectivity index (χ0n) is 9.60. The molecule has 3 N–H and O–H groups in total. The molecule has 0 bridgehead atoms. The van der Waals surface area contributed by atoms with Crippen LogP contribution < -0.4 is 5.84 Å². The Kier molecular flexibility index (Phi) is 3.54. The molecule has 1 aromatic carbocycles. The highest BCUT2D eigenvalue weighted by Gasteiger charge is 2.23. The zero-order valence-corrected chi connectivity index (χ0v) is 9.60. The lowest BCUT2D eigenvalue weighted by atomic mass is 10.00. The first-order valence-corrected chi connectivity index (χ1v) is 5.42. The van der Waals surface area contributed by atoms with Crippen molar-refractivity contribution in [1.29, 1.82) is 0 Å². The lowest BCUT2D eigenvalue weighted by Crippen LogP contribution is -2.40. The Morgan fingerprint density at radius 1 is 1.17 bits per heavy atom. The van der Waals surface area contributed by atoms with Gasteiger partial charge in [-0.05, 0) is 17.2 Å². The molecule has 0 aliphatic rings. The van der Waals surface area contributed by atoms with Gasteiger partial charge in [0, 0.05) is 12.4 Å². The van der Waals surface area contributed by atoms with Crippen molar-refractivity contribution in [2.75, 3.05) is 0 Å². The second kappa shape index (κ2) is 5.29. The topological polar surface area (TPSA) is 79.5 Å². The molecule has 0 saturated heterocycles. The van der Waals surface area contributed by atoms with E-state index in [1.165, 1.54) is 0 Å². The molecular formula is C13H13N3O2. The molecule has 0 aliphatic carbocycles. The third-order valence-corrected chi connectivity index (χ3v) is 2.61. The van der Waals surface area contributed by atoms with Gasteiger partial charge in [0.05, 0.1) is 0 Å². The summed E-state index contributed by atoms with van der Waals surface area (Å²) in [5.74, 6) is 5.63. The SMILES string of the molecule is NN(C(=O)O)C(c1ccccc1)c1cccnc1. The Balaban J connectivity index is 2.45. The lowest BCUT2D eigenvalue weighted by molar-refractivity contribution is 0.133. The van der Waals surface area contributed by atoms with Gasteiger partial charge in [-0.15, -0.1) is 0 Å². The Morgan fingerprint density at radius 3 is 2.39 bits per heavy atom. The number of carbonyl (C=O) groups is 1. The van der Waals surface area contributed by atoms with E-state index in [0.29, 0.717) is 0 Å². The molecule has 92 valence electrons. The molecule has 2 rings (SSSR count). The van der Waals surface area contributed by atoms with Gasteiger partial charge < -0.3 is 5.11 Å². The third-order valence-electron chi connectivity index (χ3n) is 2.61. The number of carboxylic acid groups (broad SMARTS) is 1. The van der Waals surface area contributed by atoms with Gasteiger partial charge >= 0.3 is 6.09 Å². The van der Waals surface area contributed by atoms with Crippen molar-refractivity contribution in [1.82, 2.24) is 9.99 Å². The molecule has 5 heteroatoms. The number of nitrogens with two attached hydrogens (primary N) is 1. The van der Waals surface area contributed by atoms with Crippen molar-refractivity contribution in [3.8, 4) is 0 Å². The predicted octanol–water partition coefficient (Wildman–Crippen LogP) is 2.02. The highest BCUT2D eigenvalue weighted by atomic mass is 16.4. The van der Waals surface area contributed by atoms with Gasteiger partial charge in [-0.3, -0.25) is 4.98 Å². The van der Waals surface area contributed by atoms with Crippen molar-refractivity contribution < 1.29 is 9.90 Å². The monoisotopic (exact) mass is 243 g/mol. The molecule has 0 fully saturated rings. The Morgan fingerprint density at radius 2 is 1.83 bits per heavy atom. The van der Waals surface area contributed by atoms with Crippen molar-refractivity contribution in [2.45, 2.75) is 6.04 Å². The van der Waals surface area contributed by atoms with Crippen LogP contribution in [0.4, 0.5) is 4.79 Å². The van der Waals surface area contributed by atoms with E-state index in [1.54, 1.807) is 24.5 Å². The van der Waals surface area contributed by atoms with Gasteiger partial charge in [-0.2, -0.15) is 0 Å². The fourth-order valence-electron chi connectivity index (χ4n) is 1.80. The van der Waals surface area contributed by atoms with Gasteiger partial charge in [0.1, 0.15) is 6.04 Å². The average Bonchev–Trinajstić information content (AvgIpc) is 2.41. The lowest BCUT2D eigenvalue weighted by Gasteiger charge is -2.25. The van der Waals surface area contributed by atoms with Crippen LogP contribution in [0.3, 0.4) is 0 Å². The molecular weight excluding hydrogens is 230 g/mol. The predicted molar refractivity (Wildman–Crippen MR) is 66.6 cm³/mol. The summed E-state index contributed by atoms with van der Waals surface area (Å²) >= 11 is 0. The van der Waals surface area contributed by atoms with E-state index >= 15 is 0 Å². The Hall–Kier alpha value is -2.40. The summed E-state index contributed by atoms with van der Waals surface area (Å²) in [6.45, 7) is 0. The Labute approximate surface area is 104 Å². The number of pyridine rings is 1. The molecule has 2 aromatic rings. The molecule has 0 radical (unpaired) electrons. The van der Waals surface area contributed by atoms with Gasteiger partial charge in [0.2, 0.25) is 0 Å². The van der Waals surface area contributed by atoms with E-state index in [0.717, 1.165) is 16.1 Å². The number of benzene rings is 1. The smallest absolute Gasteiger partial charge is 0.422 e. The molecule has 1 heterocycles. The minimum atomic E-state index is -1.19. The third kappa shape index (κ3) is 2.46. The minimum absolute atomic E-state index is 0.558. The standard InChI is InChI=1S/C13H13N3O2/c14-16(13(17)18)12(10-5-2-1-3-6-10)11-7-4-8-15-9-11/h1-9,12H,14H2,(H,17,18). The highest BCUT2D eigenvalue weighted by Crippen LogP contribution is 2.25. The van der Waals surface area contributed by atoms with Crippen LogP contribution in [-0.2, 0) is 0 Å². The zero-order chi connectivity index (χ0) is 13.0. The number of rotatable bonds is 3. The molecule has 1 atom stereocenters. The number of hydrogen-bond acceptors (Lipinski definition) is 3. The first-order chi connectivity index (χ1) is 8.70. The summed E-state index contributed by atoms with van der Waals surface area (Å²) in [7, 11) is 0. The van der Waals surface area contributed by atoms with Gasteiger partial charge in [0.15, 0.2) is 0 Å². The molecule has 0 spiro atoms. The highest BCUT2D eigenvalue weighted by molar-refractivity contribution is 5.65. The van der Waals surface area contributed by atoms with Crippen molar-refractivity contribution >= 4 is 6.09 Å². The van der Waals surface area contributed by atoms with Crippen LogP contribution in [-0.4, -0.2) is 21.2 Å². The van der Waals surface area contributed by atoms with Crippen LogP contribution >= 0.6 is 0 Å². The number of hydrazine groups is 1. The molecule has 1 unspecified atom stereocenters. The molecule has 5 nitrogen and oxygen atoms in total. The van der Waals surface area contributed by atoms with Crippen LogP contribution in [0.15, 0.2) is 54.9 Å². The van der Waals surface area contributed by atoms with Crippen molar-refractivity contribution in [3.63, 3.8) is 0 Å². The first-order valence-electron chi connectivity index (χ1n) is 5.42. The average molecular weight is 243 g/mol. The van der Waals surface area contributed by atoms with Crippen molar-refractivity contribution in [3.05, 3.63) is 66.0 Å². The summed E-state index contributed by atoms with van der Waals surface area (Å²) in [5, 5.41) is 9.84. The first kappa shape index (κ1) is 12.1. The largest absolute Gasteiger partial charge is 0.464 e. The van der Waals surface area contributed by atoms with Crippen LogP contribution in [0.1, 0.15) is 17.2 Å². The fourth-order valence-corrected chi connectivity index (χ4v) is 1.80. The van der Waals surface area contributed by atoms with E-state index < -0.39 is 12.1 Å². The minimum Gasteiger partial charge on any atom is -0.464 e. The molecule has 1 aromatic heterocycles. The summed E-state index contributed by atoms with van der Waals surface area (Å²) in [6, 6.07) is 12.2. The quantitative estimate of drug-likeness (QED) is 0.491. The summed E-state index contributed by atoms with van der Waals surface area (Å²) in [5.41, 5.74) is 1.53. The fraction of sp³-hybridized carbons (Fsp3) is 0.0769. The van der Waals surface area contributed by atoms with E-state index in [2.05, 4.69) is 4.98 Å². The maximum atomic E-state index is 11.1. The van der Waals surface area contributed by atoms with Gasteiger partial charge in [-0.1, -0.05) is 36.4 Å². The normalized spacial score (nSPS) is 11.8. The summed E-state index contributed by atoms with van der Waals surface area (Å²) in [6.07, 6.45) is 2.06. The molecule has 0 aliphatic heterocycles. The molecule has 0 saturated carbocycles. The number of hydrogen-bond donors (Lipinski definition) is 2. The summed E-state index contributed by atoms with van der Waals surface area (Å²) < 4.78 is 0. The summed E-state index contributed by atoms with van der Waals surface area (Å²) in [4.78, 5) is 15.1. The molecule has 18 heavy (non-hydrogen) atoms. The number of aromatic nitrogens is 1. The van der Waals surface area contributed by atoms with Crippen LogP contribution in [0, 0.1) is 0 Å². The van der Waals surface area contributed by atoms with Gasteiger partial charge in [-0.25, -0.2) is 15.6 Å².